The van der Waals surface area contributed by atoms with Gasteiger partial charge in [0.15, 0.2) is 0 Å². The minimum atomic E-state index is -1.98. The minimum Gasteiger partial charge on any atom is -0.379 e. The van der Waals surface area contributed by atoms with Crippen molar-refractivity contribution in [3.8, 4) is 0 Å². The smallest absolute Gasteiger partial charge is 0.219 e. The Kier molecular flexibility index (Phi) is 2.34. The topological polar surface area (TPSA) is 118 Å². The Labute approximate surface area is 50.2 Å². The van der Waals surface area contributed by atoms with Crippen LogP contribution in [0.1, 0.15) is 6.92 Å². The summed E-state index contributed by atoms with van der Waals surface area (Å²) in [5.74, 6) is -1.98. The fourth-order valence-corrected chi connectivity index (χ4v) is 0.189. The fraction of sp³-hybridized carbons (Fsp3) is 1.00. The molecule has 0 atom stereocenters. The van der Waals surface area contributed by atoms with Crippen LogP contribution >= 0.6 is 0 Å². The van der Waals surface area contributed by atoms with E-state index in [1.165, 1.54) is 0 Å². The molecule has 9 heavy (non-hydrogen) atoms. The summed E-state index contributed by atoms with van der Waals surface area (Å²) < 4.78 is 0. The van der Waals surface area contributed by atoms with Crippen molar-refractivity contribution in [1.29, 1.82) is 0 Å². The van der Waals surface area contributed by atoms with Gasteiger partial charge in [0.1, 0.15) is 0 Å². The molecule has 7 heteroatoms. The normalized spacial score (nSPS) is 14.4. The molecular formula is C2H4N6O. The molecule has 0 saturated heterocycles. The third kappa shape index (κ3) is 3.19. The lowest BCUT2D eigenvalue weighted by atomic mass is 10.5. The largest absolute Gasteiger partial charge is 0.379 e. The second kappa shape index (κ2) is 2.78. The first-order valence-electron chi connectivity index (χ1n) is 1.97. The number of rotatable bonds is 2. The summed E-state index contributed by atoms with van der Waals surface area (Å²) in [6.45, 7) is 1.08. The first-order chi connectivity index (χ1) is 4.12. The third-order valence-corrected chi connectivity index (χ3v) is 0.468. The minimum absolute atomic E-state index is 1.08. The molecule has 0 amide bonds. The van der Waals surface area contributed by atoms with Crippen LogP contribution in [0.15, 0.2) is 10.2 Å². The highest BCUT2D eigenvalue weighted by Gasteiger charge is 2.13. The number of aliphatic hydroxyl groups is 1. The number of azide groups is 1. The summed E-state index contributed by atoms with van der Waals surface area (Å²) in [4.78, 5) is 4.47. The van der Waals surface area contributed by atoms with E-state index in [2.05, 4.69) is 20.1 Å². The highest BCUT2D eigenvalue weighted by molar-refractivity contribution is 4.66. The predicted octanol–water partition coefficient (Wildman–Crippen LogP) is 1.27. The number of hydrogen-bond acceptors (Lipinski definition) is 3. The number of nitrogens with zero attached hydrogens (tertiary/aromatic N) is 6. The van der Waals surface area contributed by atoms with Gasteiger partial charge in [-0.15, -0.1) is 0 Å². The average molecular weight is 128 g/mol. The zero-order chi connectivity index (χ0) is 7.33. The van der Waals surface area contributed by atoms with Crippen molar-refractivity contribution >= 4 is 0 Å². The summed E-state index contributed by atoms with van der Waals surface area (Å²) in [5, 5.41) is 14.2. The zero-order valence-electron chi connectivity index (χ0n) is 4.63. The zero-order valence-corrected chi connectivity index (χ0v) is 4.63. The lowest BCUT2D eigenvalue weighted by Gasteiger charge is -2.04. The van der Waals surface area contributed by atoms with Gasteiger partial charge in [-0.1, -0.05) is 10.2 Å². The lowest BCUT2D eigenvalue weighted by molar-refractivity contribution is 0.0753. The van der Waals surface area contributed by atoms with E-state index in [0.717, 1.165) is 6.92 Å². The van der Waals surface area contributed by atoms with Gasteiger partial charge in [-0.2, -0.15) is 0 Å². The molecule has 0 saturated carbocycles. The monoisotopic (exact) mass is 128 g/mol. The molecule has 0 spiro atoms. The molecular weight excluding hydrogens is 124 g/mol. The summed E-state index contributed by atoms with van der Waals surface area (Å²) in [7, 11) is 0. The summed E-state index contributed by atoms with van der Waals surface area (Å²) >= 11 is 0. The molecule has 0 radical (unpaired) electrons. The first kappa shape index (κ1) is 7.58. The second-order valence-electron chi connectivity index (χ2n) is 1.35. The fourth-order valence-electron chi connectivity index (χ4n) is 0.189. The van der Waals surface area contributed by atoms with Crippen LogP contribution in [0.25, 0.3) is 20.9 Å². The highest BCUT2D eigenvalue weighted by Crippen LogP contribution is 2.06. The second-order valence-corrected chi connectivity index (χ2v) is 1.35. The van der Waals surface area contributed by atoms with Crippen LogP contribution in [-0.2, 0) is 0 Å². The molecule has 0 unspecified atom stereocenters. The maximum atomic E-state index is 8.67. The van der Waals surface area contributed by atoms with Crippen LogP contribution in [0.2, 0.25) is 0 Å². The van der Waals surface area contributed by atoms with Gasteiger partial charge in [0, 0.05) is 9.82 Å². The molecule has 0 aromatic heterocycles. The van der Waals surface area contributed by atoms with Crippen molar-refractivity contribution in [2.45, 2.75) is 12.8 Å². The van der Waals surface area contributed by atoms with E-state index in [9.17, 15) is 0 Å². The van der Waals surface area contributed by atoms with Crippen LogP contribution < -0.4 is 0 Å². The Bertz CT molecular complexity index is 163. The summed E-state index contributed by atoms with van der Waals surface area (Å²) in [6, 6.07) is 0. The van der Waals surface area contributed by atoms with Crippen LogP contribution in [0.4, 0.5) is 0 Å². The van der Waals surface area contributed by atoms with Gasteiger partial charge in [0.2, 0.25) is 5.85 Å². The number of hydrogen-bond donors (Lipinski definition) is 1. The van der Waals surface area contributed by atoms with Crippen LogP contribution in [-0.4, -0.2) is 11.0 Å². The molecule has 0 aromatic rings. The van der Waals surface area contributed by atoms with Gasteiger partial charge in [0.25, 0.3) is 0 Å². The third-order valence-electron chi connectivity index (χ3n) is 0.468. The quantitative estimate of drug-likeness (QED) is 0.336. The van der Waals surface area contributed by atoms with Gasteiger partial charge >= 0.3 is 0 Å². The van der Waals surface area contributed by atoms with Crippen molar-refractivity contribution < 1.29 is 5.11 Å². The van der Waals surface area contributed by atoms with Crippen LogP contribution in [0, 0.1) is 0 Å². The van der Waals surface area contributed by atoms with E-state index < -0.39 is 5.85 Å². The molecule has 1 N–H and O–H groups in total. The van der Waals surface area contributed by atoms with Gasteiger partial charge < -0.3 is 5.11 Å². The molecule has 0 aliphatic rings. The maximum Gasteiger partial charge on any atom is 0.219 e. The molecule has 7 nitrogen and oxygen atoms in total. The molecule has 0 rings (SSSR count). The standard InChI is InChI=1S/C2H4N6O/c1-2(9,5-7-3)6-8-4/h9H,1H3. The van der Waals surface area contributed by atoms with E-state index in [-0.39, 0.29) is 0 Å². The van der Waals surface area contributed by atoms with Crippen LogP contribution in [0.5, 0.6) is 0 Å². The van der Waals surface area contributed by atoms with E-state index in [1.54, 1.807) is 0 Å². The van der Waals surface area contributed by atoms with E-state index >= 15 is 0 Å². The molecule has 0 heterocycles. The molecule has 0 aromatic carbocycles. The molecule has 0 fully saturated rings. The SMILES string of the molecule is CC(O)(N=[N+]=[N-])N=[N+]=[N-]. The molecule has 0 aliphatic carbocycles. The van der Waals surface area contributed by atoms with Gasteiger partial charge in [0.05, 0.1) is 0 Å². The van der Waals surface area contributed by atoms with Gasteiger partial charge in [-0.3, -0.25) is 0 Å². The molecule has 0 bridgehead atoms. The van der Waals surface area contributed by atoms with E-state index in [0.29, 0.717) is 0 Å². The first-order valence-corrected chi connectivity index (χ1v) is 1.97. The summed E-state index contributed by atoms with van der Waals surface area (Å²) in [6.07, 6.45) is 0. The molecule has 48 valence electrons. The van der Waals surface area contributed by atoms with E-state index in [1.807, 2.05) is 0 Å². The van der Waals surface area contributed by atoms with Crippen LogP contribution in [0.3, 0.4) is 0 Å². The Morgan fingerprint density at radius 3 is 1.89 bits per heavy atom. The van der Waals surface area contributed by atoms with Crippen molar-refractivity contribution in [3.05, 3.63) is 20.9 Å². The maximum absolute atomic E-state index is 8.67. The Balaban J connectivity index is 4.36. The van der Waals surface area contributed by atoms with Crippen molar-refractivity contribution in [1.82, 2.24) is 0 Å². The predicted molar refractivity (Wildman–Crippen MR) is 28.9 cm³/mol. The Morgan fingerprint density at radius 1 is 1.33 bits per heavy atom. The average Bonchev–Trinajstić information content (AvgIpc) is 1.64. The summed E-state index contributed by atoms with van der Waals surface area (Å²) in [5.41, 5.74) is 15.5. The van der Waals surface area contributed by atoms with Gasteiger partial charge in [-0.05, 0) is 18.0 Å². The molecule has 0 aliphatic heterocycles. The highest BCUT2D eigenvalue weighted by atomic mass is 16.3. The van der Waals surface area contributed by atoms with Crippen molar-refractivity contribution in [2.75, 3.05) is 0 Å². The Morgan fingerprint density at radius 2 is 1.67 bits per heavy atom. The van der Waals surface area contributed by atoms with E-state index in [4.69, 9.17) is 16.2 Å². The Hall–Kier alpha value is -1.42. The lowest BCUT2D eigenvalue weighted by Crippen LogP contribution is -2.14. The van der Waals surface area contributed by atoms with Crippen molar-refractivity contribution in [2.24, 2.45) is 10.2 Å². The van der Waals surface area contributed by atoms with Crippen molar-refractivity contribution in [3.63, 3.8) is 0 Å². The van der Waals surface area contributed by atoms with Gasteiger partial charge in [-0.25, -0.2) is 0 Å².